The fraction of sp³-hybridized carbons (Fsp3) is 0.520. The van der Waals surface area contributed by atoms with Crippen LogP contribution in [-0.4, -0.2) is 65.8 Å². The van der Waals surface area contributed by atoms with Crippen LogP contribution in [-0.2, 0) is 4.74 Å². The van der Waals surface area contributed by atoms with Gasteiger partial charge < -0.3 is 24.8 Å². The second kappa shape index (κ2) is 12.2. The van der Waals surface area contributed by atoms with Crippen LogP contribution in [0.25, 0.3) is 0 Å². The predicted molar refractivity (Wildman–Crippen MR) is 131 cm³/mol. The van der Waals surface area contributed by atoms with Crippen molar-refractivity contribution in [3.05, 3.63) is 46.6 Å². The molecule has 2 heterocycles. The van der Waals surface area contributed by atoms with Gasteiger partial charge in [0.15, 0.2) is 11.5 Å². The topological polar surface area (TPSA) is 121 Å². The van der Waals surface area contributed by atoms with Crippen molar-refractivity contribution in [2.24, 2.45) is 0 Å². The number of benzene rings is 1. The smallest absolute Gasteiger partial charge is 0.272 e. The first-order valence-corrected chi connectivity index (χ1v) is 12.4. The Balaban J connectivity index is 1.21. The van der Waals surface area contributed by atoms with E-state index in [1.165, 1.54) is 0 Å². The molecule has 2 aliphatic rings. The molecule has 0 atom stereocenters. The van der Waals surface area contributed by atoms with Gasteiger partial charge in [-0.15, -0.1) is 10.2 Å². The summed E-state index contributed by atoms with van der Waals surface area (Å²) in [6, 6.07) is 10.7. The zero-order valence-corrected chi connectivity index (χ0v) is 20.3. The van der Waals surface area contributed by atoms with Crippen LogP contribution in [0.3, 0.4) is 0 Å². The van der Waals surface area contributed by atoms with Crippen molar-refractivity contribution < 1.29 is 19.4 Å². The maximum atomic E-state index is 12.7. The van der Waals surface area contributed by atoms with Gasteiger partial charge in [-0.1, -0.05) is 11.6 Å². The zero-order valence-electron chi connectivity index (χ0n) is 19.5. The lowest BCUT2D eigenvalue weighted by atomic mass is 9.93. The Morgan fingerprint density at radius 1 is 1.11 bits per heavy atom. The molecule has 1 saturated heterocycles. The molecule has 1 aliphatic heterocycles. The standard InChI is InChI=1S/C25H30ClN5O4/c26-22-15-21(4-1-17(22)16-27)35-20-5-2-18(3-6-20)28-25(33)23-7-8-24(30-29-23)31-11-9-19(10-12-31)34-14-13-32/h1,4,7-8,15,18-20,32H,2-3,5-6,9-14H2,(H,28,33). The summed E-state index contributed by atoms with van der Waals surface area (Å²) in [6.07, 6.45) is 5.18. The molecule has 0 unspecified atom stereocenters. The van der Waals surface area contributed by atoms with Crippen molar-refractivity contribution in [2.75, 3.05) is 31.2 Å². The molecule has 1 aromatic heterocycles. The highest BCUT2D eigenvalue weighted by molar-refractivity contribution is 6.31. The molecule has 35 heavy (non-hydrogen) atoms. The van der Waals surface area contributed by atoms with E-state index < -0.39 is 0 Å². The summed E-state index contributed by atoms with van der Waals surface area (Å²) in [5, 5.41) is 29.7. The van der Waals surface area contributed by atoms with Gasteiger partial charge in [-0.2, -0.15) is 5.26 Å². The molecule has 0 bridgehead atoms. The number of rotatable bonds is 8. The molecule has 0 spiro atoms. The molecule has 1 aromatic carbocycles. The van der Waals surface area contributed by atoms with E-state index in [1.54, 1.807) is 24.3 Å². The molecule has 2 N–H and O–H groups in total. The number of anilines is 1. The highest BCUT2D eigenvalue weighted by Crippen LogP contribution is 2.27. The molecule has 4 rings (SSSR count). The van der Waals surface area contributed by atoms with Gasteiger partial charge in [0.1, 0.15) is 11.8 Å². The van der Waals surface area contributed by atoms with E-state index in [9.17, 15) is 4.79 Å². The number of amides is 1. The van der Waals surface area contributed by atoms with Crippen molar-refractivity contribution in [1.29, 1.82) is 5.26 Å². The number of nitriles is 1. The van der Waals surface area contributed by atoms with Gasteiger partial charge in [0.2, 0.25) is 0 Å². The Bertz CT molecular complexity index is 1030. The van der Waals surface area contributed by atoms with Crippen molar-refractivity contribution in [1.82, 2.24) is 15.5 Å². The molecule has 1 amide bonds. The highest BCUT2D eigenvalue weighted by Gasteiger charge is 2.25. The molecule has 2 fully saturated rings. The van der Waals surface area contributed by atoms with Crippen LogP contribution in [0.4, 0.5) is 5.82 Å². The number of nitrogens with one attached hydrogen (secondary N) is 1. The summed E-state index contributed by atoms with van der Waals surface area (Å²) in [5.74, 6) is 1.19. The number of hydrogen-bond donors (Lipinski definition) is 2. The van der Waals surface area contributed by atoms with Crippen LogP contribution in [0.2, 0.25) is 5.02 Å². The average molecular weight is 500 g/mol. The Labute approximate surface area is 210 Å². The zero-order chi connectivity index (χ0) is 24.6. The number of carbonyl (C=O) groups excluding carboxylic acids is 1. The summed E-state index contributed by atoms with van der Waals surface area (Å²) < 4.78 is 11.6. The van der Waals surface area contributed by atoms with Crippen LogP contribution >= 0.6 is 11.6 Å². The average Bonchev–Trinajstić information content (AvgIpc) is 2.89. The molecule has 1 aliphatic carbocycles. The fourth-order valence-electron chi connectivity index (χ4n) is 4.52. The number of aromatic nitrogens is 2. The van der Waals surface area contributed by atoms with E-state index in [2.05, 4.69) is 20.4 Å². The molecule has 9 nitrogen and oxygen atoms in total. The van der Waals surface area contributed by atoms with Gasteiger partial charge in [-0.25, -0.2) is 0 Å². The minimum Gasteiger partial charge on any atom is -0.490 e. The quantitative estimate of drug-likeness (QED) is 0.568. The van der Waals surface area contributed by atoms with Gasteiger partial charge in [-0.3, -0.25) is 4.79 Å². The Hall–Kier alpha value is -2.93. The molecule has 2 aromatic rings. The van der Waals surface area contributed by atoms with E-state index in [0.29, 0.717) is 28.6 Å². The summed E-state index contributed by atoms with van der Waals surface area (Å²) >= 11 is 6.09. The minimum absolute atomic E-state index is 0.0400. The van der Waals surface area contributed by atoms with Crippen LogP contribution < -0.4 is 15.0 Å². The number of hydrogen-bond acceptors (Lipinski definition) is 8. The van der Waals surface area contributed by atoms with Gasteiger partial charge in [0.25, 0.3) is 5.91 Å². The van der Waals surface area contributed by atoms with E-state index in [4.69, 9.17) is 31.4 Å². The Kier molecular flexibility index (Phi) is 8.74. The van der Waals surface area contributed by atoms with Crippen LogP contribution in [0.15, 0.2) is 30.3 Å². The van der Waals surface area contributed by atoms with E-state index >= 15 is 0 Å². The largest absolute Gasteiger partial charge is 0.490 e. The number of halogens is 1. The fourth-order valence-corrected chi connectivity index (χ4v) is 4.74. The summed E-state index contributed by atoms with van der Waals surface area (Å²) in [4.78, 5) is 14.8. The van der Waals surface area contributed by atoms with Crippen molar-refractivity contribution >= 4 is 23.3 Å². The van der Waals surface area contributed by atoms with Crippen molar-refractivity contribution in [2.45, 2.75) is 56.8 Å². The third-order valence-electron chi connectivity index (χ3n) is 6.47. The third-order valence-corrected chi connectivity index (χ3v) is 6.78. The number of aliphatic hydroxyl groups is 1. The number of piperidine rings is 1. The van der Waals surface area contributed by atoms with Crippen molar-refractivity contribution in [3.63, 3.8) is 0 Å². The van der Waals surface area contributed by atoms with Crippen LogP contribution in [0.1, 0.15) is 54.6 Å². The number of carbonyl (C=O) groups is 1. The van der Waals surface area contributed by atoms with Gasteiger partial charge >= 0.3 is 0 Å². The molecule has 10 heteroatoms. The lowest BCUT2D eigenvalue weighted by Crippen LogP contribution is -2.40. The third kappa shape index (κ3) is 6.82. The SMILES string of the molecule is N#Cc1ccc(OC2CCC(NC(=O)c3ccc(N4CCC(OCCO)CC4)nn3)CC2)cc1Cl. The first-order valence-electron chi connectivity index (χ1n) is 12.0. The van der Waals surface area contributed by atoms with Crippen LogP contribution in [0.5, 0.6) is 5.75 Å². The second-order valence-electron chi connectivity index (χ2n) is 8.88. The lowest BCUT2D eigenvalue weighted by molar-refractivity contribution is 0.0158. The highest BCUT2D eigenvalue weighted by atomic mass is 35.5. The maximum Gasteiger partial charge on any atom is 0.272 e. The number of nitrogens with zero attached hydrogens (tertiary/aromatic N) is 4. The van der Waals surface area contributed by atoms with E-state index in [-0.39, 0.29) is 30.8 Å². The molecule has 186 valence electrons. The molecular formula is C25H30ClN5O4. The minimum atomic E-state index is -0.219. The predicted octanol–water partition coefficient (Wildman–Crippen LogP) is 3.10. The summed E-state index contributed by atoms with van der Waals surface area (Å²) in [6.45, 7) is 2.01. The lowest BCUT2D eigenvalue weighted by Gasteiger charge is -2.32. The van der Waals surface area contributed by atoms with E-state index in [1.807, 2.05) is 12.1 Å². The monoisotopic (exact) mass is 499 g/mol. The first kappa shape index (κ1) is 25.2. The van der Waals surface area contributed by atoms with Gasteiger partial charge in [-0.05, 0) is 62.8 Å². The molecular weight excluding hydrogens is 470 g/mol. The van der Waals surface area contributed by atoms with Crippen LogP contribution in [0, 0.1) is 11.3 Å². The normalized spacial score (nSPS) is 20.8. The summed E-state index contributed by atoms with van der Waals surface area (Å²) in [7, 11) is 0. The molecule has 1 saturated carbocycles. The van der Waals surface area contributed by atoms with Crippen molar-refractivity contribution in [3.8, 4) is 11.8 Å². The van der Waals surface area contributed by atoms with Gasteiger partial charge in [0.05, 0.1) is 36.0 Å². The number of ether oxygens (including phenoxy) is 2. The van der Waals surface area contributed by atoms with E-state index in [0.717, 1.165) is 57.4 Å². The molecule has 0 radical (unpaired) electrons. The maximum absolute atomic E-state index is 12.7. The Morgan fingerprint density at radius 2 is 1.89 bits per heavy atom. The summed E-state index contributed by atoms with van der Waals surface area (Å²) in [5.41, 5.74) is 0.732. The van der Waals surface area contributed by atoms with Gasteiger partial charge in [0, 0.05) is 25.2 Å². The first-order chi connectivity index (χ1) is 17.1. The Morgan fingerprint density at radius 3 is 2.51 bits per heavy atom. The second-order valence-corrected chi connectivity index (χ2v) is 9.28. The number of aliphatic hydroxyl groups excluding tert-OH is 1.